The molecule has 0 saturated heterocycles. The molecule has 0 aliphatic carbocycles. The minimum Gasteiger partial charge on any atom is -0.303 e. The fraction of sp³-hybridized carbons (Fsp3) is 0.222. The summed E-state index contributed by atoms with van der Waals surface area (Å²) in [6.07, 6.45) is 1.90. The largest absolute Gasteiger partial charge is 0.303 e. The average molecular weight is 266 g/mol. The third-order valence-corrected chi connectivity index (χ3v) is 3.61. The molecule has 0 N–H and O–H groups in total. The number of carbonyl (C=O) groups is 2. The zero-order chi connectivity index (χ0) is 14.5. The van der Waals surface area contributed by atoms with E-state index in [0.29, 0.717) is 0 Å². The zero-order valence-electron chi connectivity index (χ0n) is 11.7. The van der Waals surface area contributed by atoms with Crippen LogP contribution in [0.3, 0.4) is 0 Å². The molecule has 0 amide bonds. The maximum absolute atomic E-state index is 10.8. The average Bonchev–Trinajstić information content (AvgIpc) is 2.53. The number of aldehydes is 2. The number of hydrogen-bond donors (Lipinski definition) is 0. The minimum atomic E-state index is -0.0696. The Labute approximate surface area is 119 Å². The first kappa shape index (κ1) is 14.2. The van der Waals surface area contributed by atoms with Crippen LogP contribution >= 0.6 is 0 Å². The first-order valence-corrected chi connectivity index (χ1v) is 6.76. The second-order valence-corrected chi connectivity index (χ2v) is 5.09. The van der Waals surface area contributed by atoms with Crippen LogP contribution in [0.4, 0.5) is 0 Å². The molecule has 0 spiro atoms. The SMILES string of the molecule is CC(C=O)c1ccc(-c2ccc(C(C)C=O)cc2)cc1. The Morgan fingerprint density at radius 3 is 1.20 bits per heavy atom. The highest BCUT2D eigenvalue weighted by Crippen LogP contribution is 2.24. The molecule has 2 aromatic rings. The summed E-state index contributed by atoms with van der Waals surface area (Å²) in [6.45, 7) is 3.77. The van der Waals surface area contributed by atoms with E-state index in [-0.39, 0.29) is 11.8 Å². The van der Waals surface area contributed by atoms with Crippen LogP contribution in [-0.4, -0.2) is 12.6 Å². The van der Waals surface area contributed by atoms with Crippen molar-refractivity contribution < 1.29 is 9.59 Å². The second kappa shape index (κ2) is 6.29. The predicted molar refractivity (Wildman–Crippen MR) is 80.8 cm³/mol. The molecule has 0 heterocycles. The Morgan fingerprint density at radius 2 is 0.950 bits per heavy atom. The first-order valence-electron chi connectivity index (χ1n) is 6.76. The van der Waals surface area contributed by atoms with Crippen molar-refractivity contribution in [2.45, 2.75) is 25.7 Å². The lowest BCUT2D eigenvalue weighted by molar-refractivity contribution is -0.109. The highest BCUT2D eigenvalue weighted by Gasteiger charge is 2.06. The van der Waals surface area contributed by atoms with Crippen LogP contribution in [0.5, 0.6) is 0 Å². The van der Waals surface area contributed by atoms with Crippen molar-refractivity contribution in [2.75, 3.05) is 0 Å². The quantitative estimate of drug-likeness (QED) is 0.768. The highest BCUT2D eigenvalue weighted by molar-refractivity contribution is 5.68. The van der Waals surface area contributed by atoms with Gasteiger partial charge in [0.05, 0.1) is 0 Å². The van der Waals surface area contributed by atoms with E-state index in [4.69, 9.17) is 0 Å². The summed E-state index contributed by atoms with van der Waals surface area (Å²) in [7, 11) is 0. The molecule has 2 unspecified atom stereocenters. The summed E-state index contributed by atoms with van der Waals surface area (Å²) >= 11 is 0. The fourth-order valence-electron chi connectivity index (χ4n) is 2.12. The van der Waals surface area contributed by atoms with Crippen LogP contribution in [0.1, 0.15) is 36.8 Å². The fourth-order valence-corrected chi connectivity index (χ4v) is 2.12. The van der Waals surface area contributed by atoms with Crippen molar-refractivity contribution >= 4 is 12.6 Å². The van der Waals surface area contributed by atoms with Gasteiger partial charge < -0.3 is 9.59 Å². The summed E-state index contributed by atoms with van der Waals surface area (Å²) in [5.74, 6) is -0.139. The van der Waals surface area contributed by atoms with Crippen molar-refractivity contribution in [3.05, 3.63) is 59.7 Å². The van der Waals surface area contributed by atoms with Gasteiger partial charge in [-0.05, 0) is 22.3 Å². The molecule has 0 saturated carbocycles. The molecule has 0 aliphatic rings. The van der Waals surface area contributed by atoms with Gasteiger partial charge >= 0.3 is 0 Å². The summed E-state index contributed by atoms with van der Waals surface area (Å²) in [5, 5.41) is 0. The molecule has 0 radical (unpaired) electrons. The van der Waals surface area contributed by atoms with Crippen LogP contribution in [0.25, 0.3) is 11.1 Å². The summed E-state index contributed by atoms with van der Waals surface area (Å²) in [6, 6.07) is 16.0. The number of rotatable bonds is 5. The Kier molecular flexibility index (Phi) is 4.46. The van der Waals surface area contributed by atoms with E-state index in [1.807, 2.05) is 62.4 Å². The molecule has 20 heavy (non-hydrogen) atoms. The molecule has 0 bridgehead atoms. The molecule has 2 aromatic carbocycles. The van der Waals surface area contributed by atoms with Crippen molar-refractivity contribution in [2.24, 2.45) is 0 Å². The molecule has 2 atom stereocenters. The molecule has 102 valence electrons. The normalized spacial score (nSPS) is 13.5. The van der Waals surface area contributed by atoms with E-state index in [9.17, 15) is 9.59 Å². The van der Waals surface area contributed by atoms with E-state index in [1.165, 1.54) is 0 Å². The van der Waals surface area contributed by atoms with Gasteiger partial charge in [0, 0.05) is 11.8 Å². The number of carbonyl (C=O) groups excluding carboxylic acids is 2. The van der Waals surface area contributed by atoms with E-state index < -0.39 is 0 Å². The number of hydrogen-bond acceptors (Lipinski definition) is 2. The molecule has 0 fully saturated rings. The molecular weight excluding hydrogens is 248 g/mol. The van der Waals surface area contributed by atoms with Gasteiger partial charge in [-0.1, -0.05) is 62.4 Å². The molecule has 2 nitrogen and oxygen atoms in total. The Hall–Kier alpha value is -2.22. The highest BCUT2D eigenvalue weighted by atomic mass is 16.1. The summed E-state index contributed by atoms with van der Waals surface area (Å²) < 4.78 is 0. The van der Waals surface area contributed by atoms with Crippen molar-refractivity contribution in [3.63, 3.8) is 0 Å². The monoisotopic (exact) mass is 266 g/mol. The first-order chi connectivity index (χ1) is 9.65. The Balaban J connectivity index is 2.23. The van der Waals surface area contributed by atoms with E-state index in [2.05, 4.69) is 0 Å². The molecular formula is C18H18O2. The second-order valence-electron chi connectivity index (χ2n) is 5.09. The van der Waals surface area contributed by atoms with Gasteiger partial charge in [-0.15, -0.1) is 0 Å². The Morgan fingerprint density at radius 1 is 0.650 bits per heavy atom. The van der Waals surface area contributed by atoms with Crippen molar-refractivity contribution in [3.8, 4) is 11.1 Å². The van der Waals surface area contributed by atoms with Gasteiger partial charge in [0.25, 0.3) is 0 Å². The van der Waals surface area contributed by atoms with E-state index in [0.717, 1.165) is 34.8 Å². The zero-order valence-corrected chi connectivity index (χ0v) is 11.7. The molecule has 2 heteroatoms. The van der Waals surface area contributed by atoms with E-state index in [1.54, 1.807) is 0 Å². The minimum absolute atomic E-state index is 0.0696. The van der Waals surface area contributed by atoms with E-state index >= 15 is 0 Å². The smallest absolute Gasteiger partial charge is 0.127 e. The molecule has 2 rings (SSSR count). The van der Waals surface area contributed by atoms with Crippen LogP contribution in [0.2, 0.25) is 0 Å². The van der Waals surface area contributed by atoms with Crippen molar-refractivity contribution in [1.29, 1.82) is 0 Å². The van der Waals surface area contributed by atoms with Gasteiger partial charge in [0.2, 0.25) is 0 Å². The van der Waals surface area contributed by atoms with Gasteiger partial charge in [-0.2, -0.15) is 0 Å². The maximum Gasteiger partial charge on any atom is 0.127 e. The van der Waals surface area contributed by atoms with Gasteiger partial charge in [0.15, 0.2) is 0 Å². The van der Waals surface area contributed by atoms with Gasteiger partial charge in [0.1, 0.15) is 12.6 Å². The summed E-state index contributed by atoms with van der Waals surface area (Å²) in [4.78, 5) is 21.5. The lowest BCUT2D eigenvalue weighted by Gasteiger charge is -2.08. The van der Waals surface area contributed by atoms with Crippen LogP contribution in [0, 0.1) is 0 Å². The van der Waals surface area contributed by atoms with Crippen LogP contribution in [-0.2, 0) is 9.59 Å². The topological polar surface area (TPSA) is 34.1 Å². The van der Waals surface area contributed by atoms with Crippen LogP contribution < -0.4 is 0 Å². The summed E-state index contributed by atoms with van der Waals surface area (Å²) in [5.41, 5.74) is 4.26. The molecule has 0 aliphatic heterocycles. The molecule has 0 aromatic heterocycles. The van der Waals surface area contributed by atoms with Gasteiger partial charge in [-0.25, -0.2) is 0 Å². The lowest BCUT2D eigenvalue weighted by Crippen LogP contribution is -1.94. The van der Waals surface area contributed by atoms with Crippen molar-refractivity contribution in [1.82, 2.24) is 0 Å². The standard InChI is InChI=1S/C18H18O2/c1-13(11-19)15-3-7-17(8-4-15)18-9-5-16(6-10-18)14(2)12-20/h3-14H,1-2H3. The lowest BCUT2D eigenvalue weighted by atomic mass is 9.96. The number of benzene rings is 2. The van der Waals surface area contributed by atoms with Crippen LogP contribution in [0.15, 0.2) is 48.5 Å². The van der Waals surface area contributed by atoms with Gasteiger partial charge in [-0.3, -0.25) is 0 Å². The predicted octanol–water partition coefficient (Wildman–Crippen LogP) is 3.96. The maximum atomic E-state index is 10.8. The third kappa shape index (κ3) is 3.02. The third-order valence-electron chi connectivity index (χ3n) is 3.61. The Bertz CT molecular complexity index is 526.